The maximum absolute atomic E-state index is 10.9. The Morgan fingerprint density at radius 1 is 1.32 bits per heavy atom. The Balaban J connectivity index is 2.24. The van der Waals surface area contributed by atoms with Gasteiger partial charge in [0.2, 0.25) is 0 Å². The van der Waals surface area contributed by atoms with Crippen LogP contribution in [0.25, 0.3) is 0 Å². The molecular weight excluding hydrogens is 262 g/mol. The van der Waals surface area contributed by atoms with Crippen LogP contribution >= 0.6 is 11.3 Å². The summed E-state index contributed by atoms with van der Waals surface area (Å²) in [6, 6.07) is 9.07. The Morgan fingerprint density at radius 2 is 2.05 bits per heavy atom. The number of hydrogen-bond acceptors (Lipinski definition) is 5. The molecule has 0 saturated heterocycles. The highest BCUT2D eigenvalue weighted by Crippen LogP contribution is 2.28. The number of benzene rings is 1. The Labute approximate surface area is 115 Å². The van der Waals surface area contributed by atoms with E-state index in [0.29, 0.717) is 0 Å². The number of non-ortho nitro benzene ring substituents is 1. The molecule has 1 atom stereocenters. The van der Waals surface area contributed by atoms with Crippen LogP contribution in [-0.2, 0) is 0 Å². The van der Waals surface area contributed by atoms with Gasteiger partial charge in [-0.05, 0) is 24.4 Å². The number of nitrogens with one attached hydrogen (secondary N) is 2. The molecule has 5 nitrogen and oxygen atoms in total. The van der Waals surface area contributed by atoms with E-state index < -0.39 is 0 Å². The fourth-order valence-corrected chi connectivity index (χ4v) is 2.54. The van der Waals surface area contributed by atoms with Gasteiger partial charge in [0.25, 0.3) is 5.69 Å². The van der Waals surface area contributed by atoms with Crippen LogP contribution in [0, 0.1) is 10.1 Å². The predicted molar refractivity (Wildman–Crippen MR) is 79.0 cm³/mol. The number of nitro benzene ring substituents is 1. The summed E-state index contributed by atoms with van der Waals surface area (Å²) in [6.45, 7) is 2.03. The number of rotatable bonds is 5. The third-order valence-electron chi connectivity index (χ3n) is 2.77. The second-order valence-electron chi connectivity index (χ2n) is 4.16. The van der Waals surface area contributed by atoms with Gasteiger partial charge in [0.15, 0.2) is 0 Å². The van der Waals surface area contributed by atoms with Crippen molar-refractivity contribution < 1.29 is 4.92 Å². The highest BCUT2D eigenvalue weighted by Gasteiger charge is 2.12. The largest absolute Gasteiger partial charge is 0.388 e. The first-order valence-electron chi connectivity index (χ1n) is 5.87. The molecule has 1 unspecified atom stereocenters. The second-order valence-corrected chi connectivity index (χ2v) is 5.14. The SMILES string of the molecule is CNc1cc(NC(C)c2cccs2)cc([N+](=O)[O-])c1. The monoisotopic (exact) mass is 277 g/mol. The molecule has 19 heavy (non-hydrogen) atoms. The average molecular weight is 277 g/mol. The van der Waals surface area contributed by atoms with Gasteiger partial charge in [-0.3, -0.25) is 10.1 Å². The molecule has 1 aromatic carbocycles. The molecule has 0 spiro atoms. The van der Waals surface area contributed by atoms with Crippen molar-refractivity contribution in [1.82, 2.24) is 0 Å². The van der Waals surface area contributed by atoms with Gasteiger partial charge in [0, 0.05) is 35.4 Å². The number of thiophene rings is 1. The van der Waals surface area contributed by atoms with Crippen molar-refractivity contribution in [2.45, 2.75) is 13.0 Å². The number of nitrogens with zero attached hydrogens (tertiary/aromatic N) is 1. The van der Waals surface area contributed by atoms with Crippen LogP contribution in [-0.4, -0.2) is 12.0 Å². The zero-order valence-electron chi connectivity index (χ0n) is 10.7. The minimum Gasteiger partial charge on any atom is -0.388 e. The molecule has 0 aliphatic rings. The lowest BCUT2D eigenvalue weighted by molar-refractivity contribution is -0.384. The Morgan fingerprint density at radius 3 is 2.63 bits per heavy atom. The van der Waals surface area contributed by atoms with Crippen molar-refractivity contribution in [2.24, 2.45) is 0 Å². The lowest BCUT2D eigenvalue weighted by Gasteiger charge is -2.14. The summed E-state index contributed by atoms with van der Waals surface area (Å²) in [5, 5.41) is 19.1. The van der Waals surface area contributed by atoms with Crippen molar-refractivity contribution in [1.29, 1.82) is 0 Å². The molecule has 0 bridgehead atoms. The van der Waals surface area contributed by atoms with Crippen LogP contribution in [0.5, 0.6) is 0 Å². The summed E-state index contributed by atoms with van der Waals surface area (Å²) < 4.78 is 0. The van der Waals surface area contributed by atoms with E-state index in [1.165, 1.54) is 10.9 Å². The van der Waals surface area contributed by atoms with Crippen LogP contribution < -0.4 is 10.6 Å². The predicted octanol–water partition coefficient (Wildman–Crippen LogP) is 3.87. The standard InChI is InChI=1S/C13H15N3O2S/c1-9(13-4-3-5-19-13)15-11-6-10(14-2)7-12(8-11)16(17)18/h3-9,14-15H,1-2H3. The number of nitro groups is 1. The number of anilines is 2. The molecule has 0 radical (unpaired) electrons. The van der Waals surface area contributed by atoms with E-state index >= 15 is 0 Å². The molecule has 100 valence electrons. The van der Waals surface area contributed by atoms with Crippen molar-refractivity contribution in [3.63, 3.8) is 0 Å². The van der Waals surface area contributed by atoms with Gasteiger partial charge in [0.1, 0.15) is 0 Å². The molecule has 2 N–H and O–H groups in total. The van der Waals surface area contributed by atoms with Gasteiger partial charge < -0.3 is 10.6 Å². The van der Waals surface area contributed by atoms with Gasteiger partial charge in [-0.2, -0.15) is 0 Å². The van der Waals surface area contributed by atoms with E-state index in [0.717, 1.165) is 11.4 Å². The van der Waals surface area contributed by atoms with Crippen molar-refractivity contribution in [3.05, 3.63) is 50.7 Å². The molecule has 0 aliphatic heterocycles. The topological polar surface area (TPSA) is 67.2 Å². The number of hydrogen-bond donors (Lipinski definition) is 2. The third-order valence-corrected chi connectivity index (χ3v) is 3.83. The van der Waals surface area contributed by atoms with Gasteiger partial charge in [-0.25, -0.2) is 0 Å². The molecule has 0 fully saturated rings. The fourth-order valence-electron chi connectivity index (χ4n) is 1.80. The Hall–Kier alpha value is -2.08. The minimum atomic E-state index is -0.387. The molecule has 0 aliphatic carbocycles. The highest BCUT2D eigenvalue weighted by atomic mass is 32.1. The summed E-state index contributed by atoms with van der Waals surface area (Å²) >= 11 is 1.66. The maximum atomic E-state index is 10.9. The first-order chi connectivity index (χ1) is 9.10. The van der Waals surface area contributed by atoms with Crippen molar-refractivity contribution in [2.75, 3.05) is 17.7 Å². The van der Waals surface area contributed by atoms with Crippen LogP contribution in [0.1, 0.15) is 17.8 Å². The van der Waals surface area contributed by atoms with Gasteiger partial charge >= 0.3 is 0 Å². The van der Waals surface area contributed by atoms with Crippen molar-refractivity contribution in [3.8, 4) is 0 Å². The molecule has 6 heteroatoms. The lowest BCUT2D eigenvalue weighted by atomic mass is 10.2. The van der Waals surface area contributed by atoms with Crippen LogP contribution in [0.3, 0.4) is 0 Å². The van der Waals surface area contributed by atoms with E-state index in [2.05, 4.69) is 10.6 Å². The molecular formula is C13H15N3O2S. The zero-order valence-corrected chi connectivity index (χ0v) is 11.5. The van der Waals surface area contributed by atoms with Crippen LogP contribution in [0.4, 0.5) is 17.1 Å². The second kappa shape index (κ2) is 5.71. The average Bonchev–Trinajstić information content (AvgIpc) is 2.92. The summed E-state index contributed by atoms with van der Waals surface area (Å²) in [5.74, 6) is 0. The smallest absolute Gasteiger partial charge is 0.273 e. The summed E-state index contributed by atoms with van der Waals surface area (Å²) in [6.07, 6.45) is 0. The third kappa shape index (κ3) is 3.23. The Bertz CT molecular complexity index is 569. The molecule has 0 saturated carbocycles. The summed E-state index contributed by atoms with van der Waals surface area (Å²) in [7, 11) is 1.74. The highest BCUT2D eigenvalue weighted by molar-refractivity contribution is 7.10. The normalized spacial score (nSPS) is 11.9. The first kappa shape index (κ1) is 13.4. The van der Waals surface area contributed by atoms with E-state index in [1.807, 2.05) is 30.5 Å². The van der Waals surface area contributed by atoms with Gasteiger partial charge in [-0.15, -0.1) is 11.3 Å². The van der Waals surface area contributed by atoms with E-state index in [1.54, 1.807) is 24.5 Å². The van der Waals surface area contributed by atoms with Crippen LogP contribution in [0.15, 0.2) is 35.7 Å². The van der Waals surface area contributed by atoms with E-state index in [-0.39, 0.29) is 16.7 Å². The fraction of sp³-hybridized carbons (Fsp3) is 0.231. The van der Waals surface area contributed by atoms with E-state index in [9.17, 15) is 10.1 Å². The zero-order chi connectivity index (χ0) is 13.8. The van der Waals surface area contributed by atoms with Crippen molar-refractivity contribution >= 4 is 28.4 Å². The lowest BCUT2D eigenvalue weighted by Crippen LogP contribution is -2.05. The van der Waals surface area contributed by atoms with Crippen LogP contribution in [0.2, 0.25) is 0 Å². The maximum Gasteiger partial charge on any atom is 0.273 e. The Kier molecular flexibility index (Phi) is 4.01. The summed E-state index contributed by atoms with van der Waals surface area (Å²) in [4.78, 5) is 11.7. The van der Waals surface area contributed by atoms with Gasteiger partial charge in [0.05, 0.1) is 11.0 Å². The summed E-state index contributed by atoms with van der Waals surface area (Å²) in [5.41, 5.74) is 1.53. The van der Waals surface area contributed by atoms with Gasteiger partial charge in [-0.1, -0.05) is 6.07 Å². The molecule has 2 rings (SSSR count). The minimum absolute atomic E-state index is 0.0766. The van der Waals surface area contributed by atoms with E-state index in [4.69, 9.17) is 0 Å². The molecule has 1 heterocycles. The quantitative estimate of drug-likeness (QED) is 0.643. The molecule has 0 amide bonds. The molecule has 1 aromatic heterocycles. The molecule has 2 aromatic rings. The first-order valence-corrected chi connectivity index (χ1v) is 6.75.